The first-order valence-corrected chi connectivity index (χ1v) is 9.27. The Balaban J connectivity index is 2.14. The molecular formula is C20H18ClNO2S. The van der Waals surface area contributed by atoms with E-state index < -0.39 is 0 Å². The fraction of sp³-hybridized carbons (Fsp3) is 0.200. The van der Waals surface area contributed by atoms with Gasteiger partial charge < -0.3 is 0 Å². The fourth-order valence-electron chi connectivity index (χ4n) is 2.77. The Kier molecular flexibility index (Phi) is 5.02. The normalized spacial score (nSPS) is 14.8. The van der Waals surface area contributed by atoms with Gasteiger partial charge in [-0.05, 0) is 30.2 Å². The summed E-state index contributed by atoms with van der Waals surface area (Å²) in [4.78, 5) is 28.0. The van der Waals surface area contributed by atoms with Crippen LogP contribution in [0.4, 0.5) is 5.69 Å². The second kappa shape index (κ2) is 7.06. The molecule has 0 radical (unpaired) electrons. The van der Waals surface area contributed by atoms with Crippen LogP contribution in [0.2, 0.25) is 5.02 Å². The van der Waals surface area contributed by atoms with Gasteiger partial charge in [0, 0.05) is 10.3 Å². The van der Waals surface area contributed by atoms with E-state index in [1.165, 1.54) is 16.7 Å². The van der Waals surface area contributed by atoms with Crippen molar-refractivity contribution >= 4 is 46.4 Å². The van der Waals surface area contributed by atoms with Crippen LogP contribution in [0.1, 0.15) is 25.0 Å². The third kappa shape index (κ3) is 3.24. The first kappa shape index (κ1) is 17.8. The number of anilines is 1. The van der Waals surface area contributed by atoms with Crippen molar-refractivity contribution in [1.82, 2.24) is 0 Å². The number of carbonyl (C=O) groups is 2. The van der Waals surface area contributed by atoms with E-state index in [2.05, 4.69) is 0 Å². The Morgan fingerprint density at radius 1 is 0.960 bits per heavy atom. The molecule has 1 heterocycles. The zero-order chi connectivity index (χ0) is 18.1. The molecule has 128 valence electrons. The van der Waals surface area contributed by atoms with Gasteiger partial charge in [0.1, 0.15) is 0 Å². The smallest absolute Gasteiger partial charge is 0.268 e. The molecule has 3 nitrogen and oxygen atoms in total. The molecule has 1 aliphatic rings. The molecule has 0 unspecified atom stereocenters. The number of halogens is 1. The van der Waals surface area contributed by atoms with Crippen LogP contribution < -0.4 is 4.90 Å². The molecule has 0 aromatic heterocycles. The van der Waals surface area contributed by atoms with Crippen molar-refractivity contribution in [3.63, 3.8) is 0 Å². The molecule has 2 aromatic rings. The number of thioether (sulfide) groups is 1. The van der Waals surface area contributed by atoms with Crippen molar-refractivity contribution in [3.8, 4) is 0 Å². The maximum atomic E-state index is 13.2. The van der Waals surface area contributed by atoms with Gasteiger partial charge in [-0.15, -0.1) is 11.8 Å². The predicted octanol–water partition coefficient (Wildman–Crippen LogP) is 5.07. The number of carbonyl (C=O) groups excluding carboxylic acids is 2. The maximum Gasteiger partial charge on any atom is 0.272 e. The number of nitrogens with zero attached hydrogens (tertiary/aromatic N) is 1. The highest BCUT2D eigenvalue weighted by Crippen LogP contribution is 2.41. The summed E-state index contributed by atoms with van der Waals surface area (Å²) in [6.07, 6.45) is 0. The Morgan fingerprint density at radius 2 is 1.64 bits per heavy atom. The van der Waals surface area contributed by atoms with Gasteiger partial charge in [-0.25, -0.2) is 4.90 Å². The zero-order valence-corrected chi connectivity index (χ0v) is 15.8. The van der Waals surface area contributed by atoms with Crippen LogP contribution in [0.15, 0.2) is 53.4 Å². The molecule has 0 aliphatic carbocycles. The highest BCUT2D eigenvalue weighted by atomic mass is 35.5. The third-order valence-corrected chi connectivity index (χ3v) is 5.43. The molecule has 0 fully saturated rings. The van der Waals surface area contributed by atoms with Gasteiger partial charge in [-0.1, -0.05) is 61.8 Å². The highest BCUT2D eigenvalue weighted by molar-refractivity contribution is 8.04. The molecule has 25 heavy (non-hydrogen) atoms. The third-order valence-electron chi connectivity index (χ3n) is 3.94. The number of benzene rings is 2. The molecule has 0 bridgehead atoms. The summed E-state index contributed by atoms with van der Waals surface area (Å²) in [6, 6.07) is 14.6. The second-order valence-corrected chi connectivity index (χ2v) is 8.06. The van der Waals surface area contributed by atoms with Crippen molar-refractivity contribution in [1.29, 1.82) is 0 Å². The van der Waals surface area contributed by atoms with Gasteiger partial charge >= 0.3 is 0 Å². The molecule has 1 aliphatic heterocycles. The fourth-order valence-corrected chi connectivity index (χ4v) is 3.93. The van der Waals surface area contributed by atoms with Crippen LogP contribution in [-0.2, 0) is 9.59 Å². The largest absolute Gasteiger partial charge is 0.272 e. The lowest BCUT2D eigenvalue weighted by atomic mass is 10.1. The monoisotopic (exact) mass is 371 g/mol. The van der Waals surface area contributed by atoms with E-state index in [1.807, 2.05) is 51.1 Å². The zero-order valence-electron chi connectivity index (χ0n) is 14.2. The molecule has 3 rings (SSSR count). The van der Waals surface area contributed by atoms with Crippen LogP contribution in [0.5, 0.6) is 0 Å². The Bertz CT molecular complexity index is 875. The van der Waals surface area contributed by atoms with Crippen LogP contribution in [0.3, 0.4) is 0 Å². The molecule has 0 spiro atoms. The summed E-state index contributed by atoms with van der Waals surface area (Å²) >= 11 is 7.61. The number of imide groups is 1. The average Bonchev–Trinajstić information content (AvgIpc) is 2.81. The topological polar surface area (TPSA) is 37.4 Å². The summed E-state index contributed by atoms with van der Waals surface area (Å²) in [6.45, 7) is 5.82. The van der Waals surface area contributed by atoms with Gasteiger partial charge in [0.25, 0.3) is 11.8 Å². The van der Waals surface area contributed by atoms with Crippen LogP contribution in [0, 0.1) is 6.92 Å². The minimum Gasteiger partial charge on any atom is -0.268 e. The van der Waals surface area contributed by atoms with E-state index in [0.717, 1.165) is 5.56 Å². The maximum absolute atomic E-state index is 13.2. The lowest BCUT2D eigenvalue weighted by molar-refractivity contribution is -0.119. The molecule has 0 atom stereocenters. The molecule has 2 aromatic carbocycles. The standard InChI is InChI=1S/C20H18ClNO2S/c1-12(2)25-18-17(14-8-5-4-6-9-14)19(23)22(20(18)24)16-11-7-10-15(21)13(16)3/h4-12H,1-3H3. The van der Waals surface area contributed by atoms with E-state index in [-0.39, 0.29) is 17.1 Å². The van der Waals surface area contributed by atoms with Crippen LogP contribution in [-0.4, -0.2) is 17.1 Å². The van der Waals surface area contributed by atoms with Gasteiger partial charge in [-0.2, -0.15) is 0 Å². The summed E-state index contributed by atoms with van der Waals surface area (Å²) in [5.41, 5.74) is 2.47. The van der Waals surface area contributed by atoms with Crippen molar-refractivity contribution in [2.75, 3.05) is 4.90 Å². The molecule has 2 amide bonds. The first-order chi connectivity index (χ1) is 11.9. The van der Waals surface area contributed by atoms with Crippen molar-refractivity contribution < 1.29 is 9.59 Å². The first-order valence-electron chi connectivity index (χ1n) is 8.02. The molecule has 5 heteroatoms. The summed E-state index contributed by atoms with van der Waals surface area (Å²) in [7, 11) is 0. The van der Waals surface area contributed by atoms with Crippen LogP contribution >= 0.6 is 23.4 Å². The van der Waals surface area contributed by atoms with E-state index in [9.17, 15) is 9.59 Å². The lowest BCUT2D eigenvalue weighted by Crippen LogP contribution is -2.32. The molecule has 0 saturated heterocycles. The van der Waals surface area contributed by atoms with E-state index in [0.29, 0.717) is 26.8 Å². The number of hydrogen-bond acceptors (Lipinski definition) is 3. The molecule has 0 N–H and O–H groups in total. The second-order valence-electron chi connectivity index (χ2n) is 6.07. The summed E-state index contributed by atoms with van der Waals surface area (Å²) in [5.74, 6) is -0.586. The van der Waals surface area contributed by atoms with Gasteiger partial charge in [0.2, 0.25) is 0 Å². The minimum absolute atomic E-state index is 0.186. The van der Waals surface area contributed by atoms with Gasteiger partial charge in [0.05, 0.1) is 16.2 Å². The molecule has 0 saturated carbocycles. The van der Waals surface area contributed by atoms with Gasteiger partial charge in [-0.3, -0.25) is 9.59 Å². The quantitative estimate of drug-likeness (QED) is 0.704. The minimum atomic E-state index is -0.301. The number of hydrogen-bond donors (Lipinski definition) is 0. The Morgan fingerprint density at radius 3 is 2.28 bits per heavy atom. The number of rotatable bonds is 4. The van der Waals surface area contributed by atoms with Crippen LogP contribution in [0.25, 0.3) is 5.57 Å². The lowest BCUT2D eigenvalue weighted by Gasteiger charge is -2.18. The SMILES string of the molecule is Cc1c(Cl)cccc1N1C(=O)C(SC(C)C)=C(c2ccccc2)C1=O. The average molecular weight is 372 g/mol. The van der Waals surface area contributed by atoms with E-state index in [1.54, 1.807) is 18.2 Å². The summed E-state index contributed by atoms with van der Waals surface area (Å²) < 4.78 is 0. The number of amides is 2. The van der Waals surface area contributed by atoms with Crippen molar-refractivity contribution in [2.24, 2.45) is 0 Å². The van der Waals surface area contributed by atoms with Crippen molar-refractivity contribution in [2.45, 2.75) is 26.0 Å². The highest BCUT2D eigenvalue weighted by Gasteiger charge is 2.41. The Hall–Kier alpha value is -2.04. The predicted molar refractivity (Wildman–Crippen MR) is 105 cm³/mol. The van der Waals surface area contributed by atoms with Crippen molar-refractivity contribution in [3.05, 3.63) is 69.6 Å². The molecular weight excluding hydrogens is 354 g/mol. The van der Waals surface area contributed by atoms with E-state index in [4.69, 9.17) is 11.6 Å². The van der Waals surface area contributed by atoms with Gasteiger partial charge in [0.15, 0.2) is 0 Å². The summed E-state index contributed by atoms with van der Waals surface area (Å²) in [5, 5.41) is 0.718. The van der Waals surface area contributed by atoms with E-state index >= 15 is 0 Å². The Labute approximate surface area is 156 Å².